The van der Waals surface area contributed by atoms with E-state index < -0.39 is 5.60 Å². The second kappa shape index (κ2) is 9.40. The summed E-state index contributed by atoms with van der Waals surface area (Å²) >= 11 is 12.5. The van der Waals surface area contributed by atoms with Gasteiger partial charge in [-0.25, -0.2) is 4.98 Å². The second-order valence-corrected chi connectivity index (χ2v) is 11.7. The number of carbonyl (C=O) groups excluding carboxylic acids is 1. The molecule has 1 N–H and O–H groups in total. The molecule has 2 aromatic heterocycles. The number of anilines is 1. The van der Waals surface area contributed by atoms with Gasteiger partial charge in [-0.1, -0.05) is 34.4 Å². The number of hydrogen-bond donors (Lipinski definition) is 1. The number of aryl methyl sites for hydroxylation is 2. The van der Waals surface area contributed by atoms with E-state index in [4.69, 9.17) is 32.7 Å². The molecule has 0 radical (unpaired) electrons. The number of benzene rings is 2. The van der Waals surface area contributed by atoms with Crippen LogP contribution in [0.3, 0.4) is 0 Å². The lowest BCUT2D eigenvalue weighted by Crippen LogP contribution is -2.33. The maximum absolute atomic E-state index is 13.2. The van der Waals surface area contributed by atoms with Crippen molar-refractivity contribution in [3.63, 3.8) is 0 Å². The van der Waals surface area contributed by atoms with E-state index in [0.29, 0.717) is 41.4 Å². The summed E-state index contributed by atoms with van der Waals surface area (Å²) in [6.07, 6.45) is 4.19. The van der Waals surface area contributed by atoms with Gasteiger partial charge in [-0.2, -0.15) is 0 Å². The fourth-order valence-corrected chi connectivity index (χ4v) is 6.45. The highest BCUT2D eigenvalue weighted by atomic mass is 35.5. The van der Waals surface area contributed by atoms with E-state index in [1.807, 2.05) is 31.7 Å². The van der Waals surface area contributed by atoms with Crippen molar-refractivity contribution < 1.29 is 14.4 Å². The van der Waals surface area contributed by atoms with Crippen molar-refractivity contribution >= 4 is 45.8 Å². The lowest BCUT2D eigenvalue weighted by atomic mass is 9.83. The summed E-state index contributed by atoms with van der Waals surface area (Å²) < 4.78 is 7.73. The predicted octanol–water partition coefficient (Wildman–Crippen LogP) is 7.35. The second-order valence-electron chi connectivity index (χ2n) is 10.9. The summed E-state index contributed by atoms with van der Waals surface area (Å²) in [5.41, 5.74) is 4.76. The zero-order valence-corrected chi connectivity index (χ0v) is 23.2. The maximum atomic E-state index is 13.2. The molecule has 6 rings (SSSR count). The summed E-state index contributed by atoms with van der Waals surface area (Å²) in [6.45, 7) is 5.76. The summed E-state index contributed by atoms with van der Waals surface area (Å²) in [5, 5.41) is 15.6. The molecule has 9 heteroatoms. The van der Waals surface area contributed by atoms with Crippen molar-refractivity contribution in [1.82, 2.24) is 14.7 Å². The van der Waals surface area contributed by atoms with E-state index in [9.17, 15) is 9.90 Å². The molecule has 2 fully saturated rings. The minimum Gasteiger partial charge on any atom is -0.390 e. The molecule has 1 aliphatic carbocycles. The molecule has 2 aliphatic rings. The number of rotatable bonds is 4. The molecule has 1 amide bonds. The molecule has 2 aromatic carbocycles. The summed E-state index contributed by atoms with van der Waals surface area (Å²) in [6, 6.07) is 11.5. The third kappa shape index (κ3) is 4.31. The van der Waals surface area contributed by atoms with Crippen LogP contribution in [0.15, 0.2) is 40.9 Å². The quantitative estimate of drug-likeness (QED) is 0.286. The van der Waals surface area contributed by atoms with Crippen molar-refractivity contribution in [3.8, 4) is 11.1 Å². The van der Waals surface area contributed by atoms with Crippen molar-refractivity contribution in [1.29, 1.82) is 0 Å². The van der Waals surface area contributed by atoms with Crippen molar-refractivity contribution in [2.24, 2.45) is 0 Å². The van der Waals surface area contributed by atoms with E-state index in [1.165, 1.54) is 0 Å². The van der Waals surface area contributed by atoms with Crippen molar-refractivity contribution in [2.45, 2.75) is 77.0 Å². The number of aliphatic hydroxyl groups is 1. The maximum Gasteiger partial charge on any atom is 0.227 e. The third-order valence-corrected chi connectivity index (χ3v) is 8.87. The largest absolute Gasteiger partial charge is 0.390 e. The predicted molar refractivity (Wildman–Crippen MR) is 149 cm³/mol. The Morgan fingerprint density at radius 1 is 1.05 bits per heavy atom. The number of nitrogens with zero attached hydrogens (tertiary/aromatic N) is 4. The number of halogens is 2. The Kier molecular flexibility index (Phi) is 6.29. The van der Waals surface area contributed by atoms with Crippen LogP contribution in [0.2, 0.25) is 10.0 Å². The van der Waals surface area contributed by atoms with Gasteiger partial charge in [0.15, 0.2) is 0 Å². The van der Waals surface area contributed by atoms with Gasteiger partial charge in [-0.05, 0) is 88.8 Å². The van der Waals surface area contributed by atoms with Gasteiger partial charge in [0.25, 0.3) is 0 Å². The number of amides is 1. The molecular formula is C29H30Cl2N4O3. The first-order valence-electron chi connectivity index (χ1n) is 13.1. The highest BCUT2D eigenvalue weighted by Crippen LogP contribution is 2.44. The van der Waals surface area contributed by atoms with Gasteiger partial charge < -0.3 is 19.1 Å². The molecule has 0 bridgehead atoms. The number of imidazole rings is 1. The first kappa shape index (κ1) is 25.4. The highest BCUT2D eigenvalue weighted by molar-refractivity contribution is 6.42. The van der Waals surface area contributed by atoms with Crippen LogP contribution in [-0.4, -0.2) is 31.3 Å². The molecule has 1 aliphatic heterocycles. The smallest absolute Gasteiger partial charge is 0.227 e. The van der Waals surface area contributed by atoms with Crippen LogP contribution >= 0.6 is 23.2 Å². The summed E-state index contributed by atoms with van der Waals surface area (Å²) in [5.74, 6) is 1.66. The molecule has 1 saturated carbocycles. The minimum atomic E-state index is -0.654. The van der Waals surface area contributed by atoms with E-state index in [0.717, 1.165) is 52.3 Å². The van der Waals surface area contributed by atoms with E-state index in [-0.39, 0.29) is 18.0 Å². The monoisotopic (exact) mass is 552 g/mol. The molecule has 7 nitrogen and oxygen atoms in total. The van der Waals surface area contributed by atoms with Gasteiger partial charge in [0, 0.05) is 23.7 Å². The number of fused-ring (bicyclic) bond motifs is 1. The number of hydrogen-bond acceptors (Lipinski definition) is 5. The Hall–Kier alpha value is -2.87. The van der Waals surface area contributed by atoms with Gasteiger partial charge >= 0.3 is 0 Å². The molecular weight excluding hydrogens is 523 g/mol. The van der Waals surface area contributed by atoms with Crippen LogP contribution in [0.4, 0.5) is 5.69 Å². The Morgan fingerprint density at radius 2 is 1.82 bits per heavy atom. The molecule has 0 unspecified atom stereocenters. The normalized spacial score (nSPS) is 24.1. The Bertz CT molecular complexity index is 1530. The van der Waals surface area contributed by atoms with Crippen LogP contribution in [-0.2, 0) is 4.79 Å². The molecule has 198 valence electrons. The SMILES string of the molecule is Cc1noc(C)c1-c1ccc2c(c1)nc([C@@H]1CCC(=O)N1c1ccc(Cl)c(Cl)c1)n2C1CCC(C)(O)CC1. The van der Waals surface area contributed by atoms with Gasteiger partial charge in [-0.15, -0.1) is 0 Å². The van der Waals surface area contributed by atoms with Crippen LogP contribution in [0.1, 0.15) is 74.8 Å². The van der Waals surface area contributed by atoms with Crippen molar-refractivity contribution in [3.05, 3.63) is 63.7 Å². The Balaban J connectivity index is 1.50. The van der Waals surface area contributed by atoms with Crippen molar-refractivity contribution in [2.75, 3.05) is 4.90 Å². The third-order valence-electron chi connectivity index (χ3n) is 8.13. The zero-order valence-electron chi connectivity index (χ0n) is 21.7. The molecule has 1 atom stereocenters. The number of carbonyl (C=O) groups is 1. The van der Waals surface area contributed by atoms with Gasteiger partial charge in [0.2, 0.25) is 5.91 Å². The Morgan fingerprint density at radius 3 is 2.50 bits per heavy atom. The lowest BCUT2D eigenvalue weighted by molar-refractivity contribution is -0.117. The fourth-order valence-electron chi connectivity index (χ4n) is 6.16. The summed E-state index contributed by atoms with van der Waals surface area (Å²) in [7, 11) is 0. The van der Waals surface area contributed by atoms with Gasteiger partial charge in [0.1, 0.15) is 11.6 Å². The number of aromatic nitrogens is 3. The van der Waals surface area contributed by atoms with Crippen LogP contribution < -0.4 is 4.90 Å². The van der Waals surface area contributed by atoms with Gasteiger partial charge in [0.05, 0.1) is 38.4 Å². The Labute approximate surface area is 231 Å². The minimum absolute atomic E-state index is 0.0370. The van der Waals surface area contributed by atoms with Crippen LogP contribution in [0.5, 0.6) is 0 Å². The first-order chi connectivity index (χ1) is 18.1. The van der Waals surface area contributed by atoms with Gasteiger partial charge in [-0.3, -0.25) is 4.79 Å². The zero-order chi connectivity index (χ0) is 26.8. The molecule has 3 heterocycles. The standard InChI is InChI=1S/C29H30Cl2N4O3/c1-16-27(17(2)38-33-16)18-4-7-24-23(14-18)32-28(35(24)19-10-12-29(3,37)13-11-19)25-8-9-26(36)34(25)20-5-6-21(30)22(31)15-20/h4-7,14-15,19,25,37H,8-13H2,1-3H3/t19?,25-,29?/m0/s1. The van der Waals surface area contributed by atoms with Crippen LogP contribution in [0, 0.1) is 13.8 Å². The van der Waals surface area contributed by atoms with E-state index in [1.54, 1.807) is 12.1 Å². The average molecular weight is 553 g/mol. The molecule has 38 heavy (non-hydrogen) atoms. The fraction of sp³-hybridized carbons (Fsp3) is 0.414. The topological polar surface area (TPSA) is 84.4 Å². The van der Waals surface area contributed by atoms with E-state index in [2.05, 4.69) is 27.9 Å². The highest BCUT2D eigenvalue weighted by Gasteiger charge is 2.39. The van der Waals surface area contributed by atoms with Crippen LogP contribution in [0.25, 0.3) is 22.2 Å². The average Bonchev–Trinajstić information content (AvgIpc) is 3.55. The van der Waals surface area contributed by atoms with E-state index >= 15 is 0 Å². The molecule has 4 aromatic rings. The summed E-state index contributed by atoms with van der Waals surface area (Å²) in [4.78, 5) is 20.2. The molecule has 1 saturated heterocycles. The lowest BCUT2D eigenvalue weighted by Gasteiger charge is -2.35. The molecule has 0 spiro atoms. The first-order valence-corrected chi connectivity index (χ1v) is 13.8.